The van der Waals surface area contributed by atoms with Gasteiger partial charge in [-0.2, -0.15) is 0 Å². The zero-order valence-electron chi connectivity index (χ0n) is 10.6. The first kappa shape index (κ1) is 14.3. The molecule has 2 atom stereocenters. The summed E-state index contributed by atoms with van der Waals surface area (Å²) in [7, 11) is 3.05. The minimum Gasteiger partial charge on any atom is -0.480 e. The number of likely N-dealkylation sites (N-methyl/N-ethyl adjacent to an activating group) is 1. The van der Waals surface area contributed by atoms with Crippen LogP contribution in [0.25, 0.3) is 0 Å². The van der Waals surface area contributed by atoms with Gasteiger partial charge in [0.1, 0.15) is 5.70 Å². The molecule has 0 saturated heterocycles. The summed E-state index contributed by atoms with van der Waals surface area (Å²) in [5.41, 5.74) is 10.9. The van der Waals surface area contributed by atoms with Crippen LogP contribution in [0.3, 0.4) is 0 Å². The van der Waals surface area contributed by atoms with Crippen LogP contribution < -0.4 is 11.5 Å². The molecule has 5 N–H and O–H groups in total. The molecule has 0 fully saturated rings. The number of ether oxygens (including phenoxy) is 1. The Morgan fingerprint density at radius 3 is 2.50 bits per heavy atom. The Bertz CT molecular complexity index is 395. The van der Waals surface area contributed by atoms with Crippen LogP contribution in [0.1, 0.15) is 6.92 Å². The van der Waals surface area contributed by atoms with Crippen LogP contribution in [0.5, 0.6) is 0 Å². The third-order valence-electron chi connectivity index (χ3n) is 2.88. The Kier molecular flexibility index (Phi) is 4.15. The van der Waals surface area contributed by atoms with E-state index in [0.29, 0.717) is 0 Å². The zero-order valence-corrected chi connectivity index (χ0v) is 10.6. The SMILES string of the molecule is CO[C@@H](C)CN1C(C(N)=O)=C(N)C(C(=O)O)N1C. The fourth-order valence-electron chi connectivity index (χ4n) is 1.88. The Labute approximate surface area is 105 Å². The Hall–Kier alpha value is -1.80. The van der Waals surface area contributed by atoms with Crippen LogP contribution in [0.15, 0.2) is 11.4 Å². The Balaban J connectivity index is 3.10. The number of nitrogens with two attached hydrogens (primary N) is 2. The lowest BCUT2D eigenvalue weighted by Gasteiger charge is -2.31. The molecule has 0 aromatic rings. The molecule has 102 valence electrons. The fourth-order valence-corrected chi connectivity index (χ4v) is 1.88. The second kappa shape index (κ2) is 5.23. The maximum atomic E-state index is 11.4. The molecule has 1 aliphatic heterocycles. The molecule has 0 aromatic carbocycles. The van der Waals surface area contributed by atoms with Gasteiger partial charge >= 0.3 is 5.97 Å². The van der Waals surface area contributed by atoms with Crippen molar-refractivity contribution in [1.82, 2.24) is 10.0 Å². The van der Waals surface area contributed by atoms with Gasteiger partial charge in [-0.3, -0.25) is 14.6 Å². The van der Waals surface area contributed by atoms with E-state index in [1.165, 1.54) is 24.2 Å². The largest absolute Gasteiger partial charge is 0.480 e. The van der Waals surface area contributed by atoms with Crippen LogP contribution >= 0.6 is 0 Å². The predicted molar refractivity (Wildman–Crippen MR) is 62.8 cm³/mol. The summed E-state index contributed by atoms with van der Waals surface area (Å²) in [4.78, 5) is 22.5. The van der Waals surface area contributed by atoms with Crippen molar-refractivity contribution in [3.05, 3.63) is 11.4 Å². The van der Waals surface area contributed by atoms with Gasteiger partial charge in [0, 0.05) is 14.2 Å². The summed E-state index contributed by atoms with van der Waals surface area (Å²) >= 11 is 0. The first-order valence-electron chi connectivity index (χ1n) is 5.36. The molecule has 1 heterocycles. The molecule has 8 nitrogen and oxygen atoms in total. The normalized spacial score (nSPS) is 22.4. The van der Waals surface area contributed by atoms with Gasteiger partial charge in [0.25, 0.3) is 5.91 Å². The summed E-state index contributed by atoms with van der Waals surface area (Å²) in [6.45, 7) is 2.08. The summed E-state index contributed by atoms with van der Waals surface area (Å²) in [5, 5.41) is 11.9. The number of aliphatic carboxylic acids is 1. The zero-order chi connectivity index (χ0) is 14.0. The summed E-state index contributed by atoms with van der Waals surface area (Å²) < 4.78 is 5.09. The summed E-state index contributed by atoms with van der Waals surface area (Å²) in [6, 6.07) is -1.09. The highest BCUT2D eigenvalue weighted by Crippen LogP contribution is 2.25. The minimum atomic E-state index is -1.14. The molecule has 0 aromatic heterocycles. The highest BCUT2D eigenvalue weighted by Gasteiger charge is 2.42. The number of carboxylic acid groups (broad SMARTS) is 1. The van der Waals surface area contributed by atoms with Gasteiger partial charge in [0.2, 0.25) is 0 Å². The number of methoxy groups -OCH3 is 1. The second-order valence-corrected chi connectivity index (χ2v) is 4.11. The fraction of sp³-hybridized carbons (Fsp3) is 0.600. The summed E-state index contributed by atoms with van der Waals surface area (Å²) in [6.07, 6.45) is -0.206. The first-order valence-corrected chi connectivity index (χ1v) is 5.36. The summed E-state index contributed by atoms with van der Waals surface area (Å²) in [5.74, 6) is -1.90. The number of carbonyl (C=O) groups is 2. The highest BCUT2D eigenvalue weighted by molar-refractivity contribution is 5.94. The first-order chi connectivity index (χ1) is 8.31. The van der Waals surface area contributed by atoms with E-state index in [0.717, 1.165) is 0 Å². The number of nitrogens with zero attached hydrogens (tertiary/aromatic N) is 2. The lowest BCUT2D eigenvalue weighted by molar-refractivity contribution is -0.146. The van der Waals surface area contributed by atoms with Crippen molar-refractivity contribution < 1.29 is 19.4 Å². The van der Waals surface area contributed by atoms with Gasteiger partial charge in [-0.15, -0.1) is 0 Å². The van der Waals surface area contributed by atoms with E-state index in [2.05, 4.69) is 0 Å². The molecule has 0 bridgehead atoms. The number of hydrogen-bond donors (Lipinski definition) is 3. The lowest BCUT2D eigenvalue weighted by atomic mass is 10.2. The standard InChI is InChI=1S/C10H18N4O4/c1-5(18-3)4-14-7(9(12)15)6(11)8(10(16)17)13(14)2/h5,8H,4,11H2,1-3H3,(H2,12,15)(H,16,17)/t5-,8?/m0/s1. The third-order valence-corrected chi connectivity index (χ3v) is 2.88. The van der Waals surface area contributed by atoms with Gasteiger partial charge < -0.3 is 21.3 Å². The van der Waals surface area contributed by atoms with Crippen LogP contribution in [-0.4, -0.2) is 59.8 Å². The number of hydrazine groups is 1. The van der Waals surface area contributed by atoms with Gasteiger partial charge in [-0.25, -0.2) is 5.01 Å². The van der Waals surface area contributed by atoms with Crippen molar-refractivity contribution in [2.75, 3.05) is 20.7 Å². The second-order valence-electron chi connectivity index (χ2n) is 4.11. The Morgan fingerprint density at radius 2 is 2.11 bits per heavy atom. The average Bonchev–Trinajstić information content (AvgIpc) is 2.50. The number of carboxylic acids is 1. The molecule has 1 rings (SSSR count). The van der Waals surface area contributed by atoms with E-state index >= 15 is 0 Å². The van der Waals surface area contributed by atoms with E-state index in [1.807, 2.05) is 0 Å². The van der Waals surface area contributed by atoms with E-state index in [1.54, 1.807) is 6.92 Å². The highest BCUT2D eigenvalue weighted by atomic mass is 16.5. The smallest absolute Gasteiger partial charge is 0.329 e. The minimum absolute atomic E-state index is 0.00815. The van der Waals surface area contributed by atoms with E-state index in [4.69, 9.17) is 21.3 Å². The van der Waals surface area contributed by atoms with Crippen LogP contribution in [-0.2, 0) is 14.3 Å². The molecule has 1 amide bonds. The molecule has 0 radical (unpaired) electrons. The van der Waals surface area contributed by atoms with Gasteiger partial charge in [0.15, 0.2) is 6.04 Å². The maximum Gasteiger partial charge on any atom is 0.329 e. The molecular formula is C10H18N4O4. The van der Waals surface area contributed by atoms with Crippen molar-refractivity contribution in [2.45, 2.75) is 19.1 Å². The molecular weight excluding hydrogens is 240 g/mol. The van der Waals surface area contributed by atoms with Gasteiger partial charge in [0.05, 0.1) is 18.3 Å². The van der Waals surface area contributed by atoms with Crippen LogP contribution in [0.2, 0.25) is 0 Å². The number of rotatable bonds is 5. The number of hydrogen-bond acceptors (Lipinski definition) is 6. The molecule has 0 spiro atoms. The number of carbonyl (C=O) groups excluding carboxylic acids is 1. The maximum absolute atomic E-state index is 11.4. The molecule has 1 unspecified atom stereocenters. The van der Waals surface area contributed by atoms with E-state index < -0.39 is 17.9 Å². The van der Waals surface area contributed by atoms with Gasteiger partial charge in [-0.1, -0.05) is 0 Å². The van der Waals surface area contributed by atoms with Gasteiger partial charge in [-0.05, 0) is 6.92 Å². The van der Waals surface area contributed by atoms with Crippen LogP contribution in [0, 0.1) is 0 Å². The van der Waals surface area contributed by atoms with Crippen molar-refractivity contribution in [2.24, 2.45) is 11.5 Å². The quantitative estimate of drug-likeness (QED) is 0.536. The third kappa shape index (κ3) is 2.39. The van der Waals surface area contributed by atoms with Crippen molar-refractivity contribution in [1.29, 1.82) is 0 Å². The Morgan fingerprint density at radius 1 is 1.56 bits per heavy atom. The van der Waals surface area contributed by atoms with E-state index in [-0.39, 0.29) is 24.0 Å². The number of amides is 1. The topological polar surface area (TPSA) is 122 Å². The van der Waals surface area contributed by atoms with Crippen molar-refractivity contribution in [3.63, 3.8) is 0 Å². The number of primary amides is 1. The molecule has 1 aliphatic rings. The van der Waals surface area contributed by atoms with E-state index in [9.17, 15) is 9.59 Å². The predicted octanol–water partition coefficient (Wildman–Crippen LogP) is -1.71. The van der Waals surface area contributed by atoms with Crippen LogP contribution in [0.4, 0.5) is 0 Å². The monoisotopic (exact) mass is 258 g/mol. The lowest BCUT2D eigenvalue weighted by Crippen LogP contribution is -2.47. The molecule has 0 saturated carbocycles. The van der Waals surface area contributed by atoms with Crippen molar-refractivity contribution >= 4 is 11.9 Å². The average molecular weight is 258 g/mol. The molecule has 0 aliphatic carbocycles. The molecule has 18 heavy (non-hydrogen) atoms. The van der Waals surface area contributed by atoms with Crippen molar-refractivity contribution in [3.8, 4) is 0 Å². The molecule has 8 heteroatoms.